The van der Waals surface area contributed by atoms with E-state index >= 15 is 0 Å². The van der Waals surface area contributed by atoms with Crippen LogP contribution in [-0.4, -0.2) is 29.5 Å². The van der Waals surface area contributed by atoms with Crippen molar-refractivity contribution in [2.45, 2.75) is 6.54 Å². The summed E-state index contributed by atoms with van der Waals surface area (Å²) < 4.78 is 3.10. The van der Waals surface area contributed by atoms with Crippen molar-refractivity contribution in [1.82, 2.24) is 24.2 Å². The van der Waals surface area contributed by atoms with Crippen LogP contribution < -0.4 is 0 Å². The van der Waals surface area contributed by atoms with Crippen LogP contribution in [-0.2, 0) is 6.54 Å². The lowest BCUT2D eigenvalue weighted by molar-refractivity contribution is 0.203. The van der Waals surface area contributed by atoms with Crippen molar-refractivity contribution in [1.29, 1.82) is 0 Å². The van der Waals surface area contributed by atoms with Crippen molar-refractivity contribution < 1.29 is 5.21 Å². The minimum atomic E-state index is 0.511. The standard InChI is InChI=1S/C16H13N5O/c22-21-15-9-12(10-20-8-7-18-11-20)1-2-14(15)19-16(21)13-3-5-17-6-4-13/h1-9,11,22H,10H2. The summed E-state index contributed by atoms with van der Waals surface area (Å²) in [6.45, 7) is 0.700. The van der Waals surface area contributed by atoms with Crippen LogP contribution in [0.4, 0.5) is 0 Å². The number of hydrogen-bond donors (Lipinski definition) is 1. The largest absolute Gasteiger partial charge is 0.426 e. The van der Waals surface area contributed by atoms with Gasteiger partial charge in [-0.05, 0) is 29.8 Å². The van der Waals surface area contributed by atoms with E-state index in [1.807, 2.05) is 41.1 Å². The number of hydrogen-bond acceptors (Lipinski definition) is 4. The molecule has 0 saturated carbocycles. The van der Waals surface area contributed by atoms with Gasteiger partial charge in [0, 0.05) is 36.9 Å². The summed E-state index contributed by atoms with van der Waals surface area (Å²) in [5, 5.41) is 10.4. The van der Waals surface area contributed by atoms with Crippen molar-refractivity contribution in [2.24, 2.45) is 0 Å². The third-order valence-electron chi connectivity index (χ3n) is 3.56. The van der Waals surface area contributed by atoms with Crippen molar-refractivity contribution in [3.8, 4) is 11.4 Å². The number of aromatic nitrogens is 5. The minimum Gasteiger partial charge on any atom is -0.426 e. The Morgan fingerprint density at radius 2 is 1.86 bits per heavy atom. The summed E-state index contributed by atoms with van der Waals surface area (Å²) >= 11 is 0. The molecule has 0 aliphatic rings. The maximum Gasteiger partial charge on any atom is 0.176 e. The third-order valence-corrected chi connectivity index (χ3v) is 3.56. The van der Waals surface area contributed by atoms with Gasteiger partial charge < -0.3 is 9.77 Å². The molecule has 0 aliphatic heterocycles. The van der Waals surface area contributed by atoms with Gasteiger partial charge in [0.25, 0.3) is 0 Å². The molecule has 0 saturated heterocycles. The summed E-state index contributed by atoms with van der Waals surface area (Å²) in [6, 6.07) is 9.50. The van der Waals surface area contributed by atoms with Gasteiger partial charge in [0.15, 0.2) is 5.82 Å². The molecule has 22 heavy (non-hydrogen) atoms. The Morgan fingerprint density at radius 1 is 1.00 bits per heavy atom. The highest BCUT2D eigenvalue weighted by Gasteiger charge is 2.12. The number of rotatable bonds is 3. The first-order chi connectivity index (χ1) is 10.8. The number of fused-ring (bicyclic) bond motifs is 1. The Balaban J connectivity index is 1.78. The average Bonchev–Trinajstić information content (AvgIpc) is 3.17. The number of benzene rings is 1. The van der Waals surface area contributed by atoms with E-state index in [-0.39, 0.29) is 0 Å². The number of nitrogens with zero attached hydrogens (tertiary/aromatic N) is 5. The molecule has 6 heteroatoms. The molecule has 4 aromatic rings. The monoisotopic (exact) mass is 291 g/mol. The zero-order chi connectivity index (χ0) is 14.9. The van der Waals surface area contributed by atoms with Crippen LogP contribution in [0.1, 0.15) is 5.56 Å². The second kappa shape index (κ2) is 5.00. The minimum absolute atomic E-state index is 0.511. The SMILES string of the molecule is On1c(-c2ccncc2)nc2ccc(Cn3ccnc3)cc21. The third kappa shape index (κ3) is 2.10. The molecule has 108 valence electrons. The van der Waals surface area contributed by atoms with E-state index < -0.39 is 0 Å². The molecule has 0 spiro atoms. The first-order valence-electron chi connectivity index (χ1n) is 6.88. The predicted octanol–water partition coefficient (Wildman–Crippen LogP) is 2.58. The topological polar surface area (TPSA) is 68.8 Å². The Morgan fingerprint density at radius 3 is 2.64 bits per heavy atom. The molecule has 0 amide bonds. The maximum atomic E-state index is 10.4. The Bertz CT molecular complexity index is 913. The molecule has 0 aliphatic carbocycles. The first-order valence-corrected chi connectivity index (χ1v) is 6.88. The second-order valence-electron chi connectivity index (χ2n) is 5.04. The van der Waals surface area contributed by atoms with E-state index in [1.165, 1.54) is 0 Å². The normalized spacial score (nSPS) is 11.1. The zero-order valence-corrected chi connectivity index (χ0v) is 11.7. The van der Waals surface area contributed by atoms with Gasteiger partial charge in [-0.2, -0.15) is 4.73 Å². The molecule has 1 N–H and O–H groups in total. The van der Waals surface area contributed by atoms with Gasteiger partial charge in [-0.3, -0.25) is 4.98 Å². The van der Waals surface area contributed by atoms with Gasteiger partial charge in [0.1, 0.15) is 5.52 Å². The van der Waals surface area contributed by atoms with Gasteiger partial charge in [-0.25, -0.2) is 9.97 Å². The molecule has 1 aromatic carbocycles. The first kappa shape index (κ1) is 12.6. The van der Waals surface area contributed by atoms with Crippen molar-refractivity contribution in [3.05, 3.63) is 67.0 Å². The molecule has 0 unspecified atom stereocenters. The molecular formula is C16H13N5O. The highest BCUT2D eigenvalue weighted by molar-refractivity contribution is 5.80. The Hall–Kier alpha value is -3.15. The quantitative estimate of drug-likeness (QED) is 0.589. The van der Waals surface area contributed by atoms with Crippen molar-refractivity contribution >= 4 is 11.0 Å². The fourth-order valence-electron chi connectivity index (χ4n) is 2.49. The van der Waals surface area contributed by atoms with Gasteiger partial charge in [-0.15, -0.1) is 0 Å². The van der Waals surface area contributed by atoms with E-state index in [0.717, 1.165) is 21.4 Å². The lowest BCUT2D eigenvalue weighted by Gasteiger charge is -2.03. The number of pyridine rings is 1. The fraction of sp³-hybridized carbons (Fsp3) is 0.0625. The van der Waals surface area contributed by atoms with E-state index in [9.17, 15) is 5.21 Å². The van der Waals surface area contributed by atoms with Gasteiger partial charge in [0.2, 0.25) is 0 Å². The highest BCUT2D eigenvalue weighted by atomic mass is 16.5. The summed E-state index contributed by atoms with van der Waals surface area (Å²) in [5.74, 6) is 0.511. The maximum absolute atomic E-state index is 10.4. The van der Waals surface area contributed by atoms with Crippen LogP contribution >= 0.6 is 0 Å². The van der Waals surface area contributed by atoms with E-state index in [4.69, 9.17) is 0 Å². The van der Waals surface area contributed by atoms with Crippen LogP contribution in [0.15, 0.2) is 61.4 Å². The Kier molecular flexibility index (Phi) is 2.86. The second-order valence-corrected chi connectivity index (χ2v) is 5.04. The Labute approximate surface area is 126 Å². The van der Waals surface area contributed by atoms with Crippen LogP contribution in [0.25, 0.3) is 22.4 Å². The van der Waals surface area contributed by atoms with Gasteiger partial charge >= 0.3 is 0 Å². The lowest BCUT2D eigenvalue weighted by Crippen LogP contribution is -1.97. The highest BCUT2D eigenvalue weighted by Crippen LogP contribution is 2.24. The molecule has 0 bridgehead atoms. The fourth-order valence-corrected chi connectivity index (χ4v) is 2.49. The van der Waals surface area contributed by atoms with Gasteiger partial charge in [0.05, 0.1) is 11.8 Å². The summed E-state index contributed by atoms with van der Waals surface area (Å²) in [6.07, 6.45) is 8.78. The summed E-state index contributed by atoms with van der Waals surface area (Å²) in [7, 11) is 0. The molecule has 0 fully saturated rings. The van der Waals surface area contributed by atoms with E-state index in [2.05, 4.69) is 15.0 Å². The van der Waals surface area contributed by atoms with Gasteiger partial charge in [-0.1, -0.05) is 6.07 Å². The van der Waals surface area contributed by atoms with Crippen LogP contribution in [0, 0.1) is 0 Å². The molecule has 4 rings (SSSR count). The average molecular weight is 291 g/mol. The summed E-state index contributed by atoms with van der Waals surface area (Å²) in [5.41, 5.74) is 3.33. The molecule has 0 atom stereocenters. The molecule has 0 radical (unpaired) electrons. The summed E-state index contributed by atoms with van der Waals surface area (Å²) in [4.78, 5) is 12.5. The molecule has 3 aromatic heterocycles. The lowest BCUT2D eigenvalue weighted by atomic mass is 10.2. The molecular weight excluding hydrogens is 278 g/mol. The molecule has 3 heterocycles. The molecule has 6 nitrogen and oxygen atoms in total. The van der Waals surface area contributed by atoms with Crippen molar-refractivity contribution in [2.75, 3.05) is 0 Å². The van der Waals surface area contributed by atoms with E-state index in [1.54, 1.807) is 24.9 Å². The van der Waals surface area contributed by atoms with Crippen LogP contribution in [0.2, 0.25) is 0 Å². The zero-order valence-electron chi connectivity index (χ0n) is 11.7. The smallest absolute Gasteiger partial charge is 0.176 e. The van der Waals surface area contributed by atoms with Crippen molar-refractivity contribution in [3.63, 3.8) is 0 Å². The predicted molar refractivity (Wildman–Crippen MR) is 81.5 cm³/mol. The van der Waals surface area contributed by atoms with Crippen LogP contribution in [0.3, 0.4) is 0 Å². The van der Waals surface area contributed by atoms with Crippen LogP contribution in [0.5, 0.6) is 0 Å². The van der Waals surface area contributed by atoms with E-state index in [0.29, 0.717) is 17.9 Å². The number of imidazole rings is 2.